The summed E-state index contributed by atoms with van der Waals surface area (Å²) in [7, 11) is 1.70. The smallest absolute Gasteiger partial charge is 0.0700 e. The maximum absolute atomic E-state index is 5.95. The molecule has 16 heavy (non-hydrogen) atoms. The summed E-state index contributed by atoms with van der Waals surface area (Å²) in [6, 6.07) is 0. The van der Waals surface area contributed by atoms with Crippen LogP contribution in [0, 0.1) is 11.3 Å². The van der Waals surface area contributed by atoms with E-state index in [0.717, 1.165) is 25.5 Å². The third kappa shape index (κ3) is 4.04. The van der Waals surface area contributed by atoms with E-state index in [9.17, 15) is 0 Å². The maximum atomic E-state index is 5.95. The summed E-state index contributed by atoms with van der Waals surface area (Å²) in [4.78, 5) is 0. The normalized spacial score (nSPS) is 29.8. The van der Waals surface area contributed by atoms with E-state index in [-0.39, 0.29) is 0 Å². The molecule has 0 aromatic heterocycles. The first kappa shape index (κ1) is 13.9. The molecule has 1 rings (SSSR count). The molecule has 1 fully saturated rings. The van der Waals surface area contributed by atoms with E-state index in [0.29, 0.717) is 18.6 Å². The SMILES string of the molecule is CCC1CCC(CN)(CCOCCOC)C1. The quantitative estimate of drug-likeness (QED) is 0.649. The molecule has 3 heteroatoms. The fourth-order valence-corrected chi connectivity index (χ4v) is 2.72. The van der Waals surface area contributed by atoms with Crippen molar-refractivity contribution in [3.05, 3.63) is 0 Å². The first-order valence-electron chi connectivity index (χ1n) is 6.53. The number of ether oxygens (including phenoxy) is 2. The van der Waals surface area contributed by atoms with Crippen LogP contribution in [0.2, 0.25) is 0 Å². The number of hydrogen-bond donors (Lipinski definition) is 1. The van der Waals surface area contributed by atoms with E-state index < -0.39 is 0 Å². The predicted octanol–water partition coefficient (Wildman–Crippen LogP) is 2.19. The summed E-state index contributed by atoms with van der Waals surface area (Å²) in [5, 5.41) is 0. The van der Waals surface area contributed by atoms with Gasteiger partial charge in [-0.25, -0.2) is 0 Å². The summed E-state index contributed by atoms with van der Waals surface area (Å²) in [6.45, 7) is 5.32. The van der Waals surface area contributed by atoms with Crippen molar-refractivity contribution in [3.8, 4) is 0 Å². The van der Waals surface area contributed by atoms with Crippen LogP contribution < -0.4 is 5.73 Å². The van der Waals surface area contributed by atoms with Crippen LogP contribution in [-0.2, 0) is 9.47 Å². The molecule has 0 aliphatic heterocycles. The lowest BCUT2D eigenvalue weighted by Crippen LogP contribution is -2.29. The standard InChI is InChI=1S/C13H27NO2/c1-3-12-4-5-13(10-12,11-14)6-7-16-9-8-15-2/h12H,3-11,14H2,1-2H3. The van der Waals surface area contributed by atoms with Gasteiger partial charge in [-0.1, -0.05) is 13.3 Å². The largest absolute Gasteiger partial charge is 0.382 e. The Labute approximate surface area is 99.7 Å². The van der Waals surface area contributed by atoms with Crippen LogP contribution in [-0.4, -0.2) is 33.5 Å². The molecule has 3 nitrogen and oxygen atoms in total. The molecule has 2 N–H and O–H groups in total. The van der Waals surface area contributed by atoms with E-state index in [1.807, 2.05) is 0 Å². The molecule has 0 amide bonds. The number of nitrogens with two attached hydrogens (primary N) is 1. The van der Waals surface area contributed by atoms with Crippen molar-refractivity contribution in [2.75, 3.05) is 33.5 Å². The third-order valence-corrected chi connectivity index (χ3v) is 4.02. The number of rotatable bonds is 8. The summed E-state index contributed by atoms with van der Waals surface area (Å²) in [5.41, 5.74) is 6.32. The van der Waals surface area contributed by atoms with Crippen LogP contribution in [0.15, 0.2) is 0 Å². The molecule has 0 aromatic rings. The van der Waals surface area contributed by atoms with Crippen LogP contribution in [0.4, 0.5) is 0 Å². The number of hydrogen-bond acceptors (Lipinski definition) is 3. The highest BCUT2D eigenvalue weighted by atomic mass is 16.5. The monoisotopic (exact) mass is 229 g/mol. The van der Waals surface area contributed by atoms with Crippen molar-refractivity contribution < 1.29 is 9.47 Å². The van der Waals surface area contributed by atoms with E-state index in [4.69, 9.17) is 15.2 Å². The Morgan fingerprint density at radius 3 is 2.69 bits per heavy atom. The fourth-order valence-electron chi connectivity index (χ4n) is 2.72. The Bertz CT molecular complexity index is 187. The fraction of sp³-hybridized carbons (Fsp3) is 1.00. The first-order valence-corrected chi connectivity index (χ1v) is 6.53. The Balaban J connectivity index is 2.21. The zero-order valence-corrected chi connectivity index (χ0v) is 10.8. The molecule has 0 saturated heterocycles. The molecule has 96 valence electrons. The lowest BCUT2D eigenvalue weighted by molar-refractivity contribution is 0.0521. The summed E-state index contributed by atoms with van der Waals surface area (Å²) >= 11 is 0. The molecule has 2 atom stereocenters. The predicted molar refractivity (Wildman–Crippen MR) is 66.4 cm³/mol. The minimum Gasteiger partial charge on any atom is -0.382 e. The molecule has 0 aromatic carbocycles. The number of methoxy groups -OCH3 is 1. The van der Waals surface area contributed by atoms with Gasteiger partial charge < -0.3 is 15.2 Å². The lowest BCUT2D eigenvalue weighted by atomic mass is 9.82. The highest BCUT2D eigenvalue weighted by Crippen LogP contribution is 2.44. The van der Waals surface area contributed by atoms with Gasteiger partial charge in [0.05, 0.1) is 13.2 Å². The zero-order chi connectivity index (χ0) is 11.9. The summed E-state index contributed by atoms with van der Waals surface area (Å²) in [6.07, 6.45) is 6.35. The molecular weight excluding hydrogens is 202 g/mol. The molecule has 2 unspecified atom stereocenters. The highest BCUT2D eigenvalue weighted by Gasteiger charge is 2.36. The molecule has 0 bridgehead atoms. The van der Waals surface area contributed by atoms with Gasteiger partial charge in [-0.05, 0) is 43.6 Å². The minimum atomic E-state index is 0.369. The molecule has 0 spiro atoms. The Morgan fingerprint density at radius 1 is 1.31 bits per heavy atom. The van der Waals surface area contributed by atoms with E-state index in [2.05, 4.69) is 6.92 Å². The average Bonchev–Trinajstić information content (AvgIpc) is 2.73. The maximum Gasteiger partial charge on any atom is 0.0700 e. The van der Waals surface area contributed by atoms with Crippen LogP contribution >= 0.6 is 0 Å². The van der Waals surface area contributed by atoms with Gasteiger partial charge >= 0.3 is 0 Å². The van der Waals surface area contributed by atoms with Gasteiger partial charge in [0.15, 0.2) is 0 Å². The van der Waals surface area contributed by atoms with Crippen molar-refractivity contribution in [1.29, 1.82) is 0 Å². The van der Waals surface area contributed by atoms with Crippen LogP contribution in [0.25, 0.3) is 0 Å². The van der Waals surface area contributed by atoms with Gasteiger partial charge in [-0.15, -0.1) is 0 Å². The summed E-state index contributed by atoms with van der Waals surface area (Å²) in [5.74, 6) is 0.891. The second-order valence-electron chi connectivity index (χ2n) is 5.08. The topological polar surface area (TPSA) is 44.5 Å². The average molecular weight is 229 g/mol. The van der Waals surface area contributed by atoms with Crippen LogP contribution in [0.3, 0.4) is 0 Å². The van der Waals surface area contributed by atoms with Gasteiger partial charge in [0.2, 0.25) is 0 Å². The minimum absolute atomic E-state index is 0.369. The van der Waals surface area contributed by atoms with Gasteiger partial charge in [-0.2, -0.15) is 0 Å². The van der Waals surface area contributed by atoms with Crippen molar-refractivity contribution in [2.45, 2.75) is 39.0 Å². The van der Waals surface area contributed by atoms with Crippen molar-refractivity contribution in [2.24, 2.45) is 17.1 Å². The van der Waals surface area contributed by atoms with Crippen LogP contribution in [0.1, 0.15) is 39.0 Å². The Hall–Kier alpha value is -0.120. The van der Waals surface area contributed by atoms with Gasteiger partial charge in [0, 0.05) is 13.7 Å². The van der Waals surface area contributed by atoms with Crippen molar-refractivity contribution in [1.82, 2.24) is 0 Å². The molecular formula is C13H27NO2. The third-order valence-electron chi connectivity index (χ3n) is 4.02. The second kappa shape index (κ2) is 7.25. The van der Waals surface area contributed by atoms with Gasteiger partial charge in [0.1, 0.15) is 0 Å². The molecule has 0 heterocycles. The molecule has 0 radical (unpaired) electrons. The molecule has 1 aliphatic carbocycles. The lowest BCUT2D eigenvalue weighted by Gasteiger charge is -2.27. The Kier molecular flexibility index (Phi) is 6.32. The van der Waals surface area contributed by atoms with E-state index in [1.165, 1.54) is 25.7 Å². The van der Waals surface area contributed by atoms with Crippen molar-refractivity contribution >= 4 is 0 Å². The van der Waals surface area contributed by atoms with Gasteiger partial charge in [0.25, 0.3) is 0 Å². The van der Waals surface area contributed by atoms with Crippen LogP contribution in [0.5, 0.6) is 0 Å². The molecule has 1 saturated carbocycles. The van der Waals surface area contributed by atoms with Crippen molar-refractivity contribution in [3.63, 3.8) is 0 Å². The van der Waals surface area contributed by atoms with E-state index in [1.54, 1.807) is 7.11 Å². The highest BCUT2D eigenvalue weighted by molar-refractivity contribution is 4.89. The zero-order valence-electron chi connectivity index (χ0n) is 10.8. The van der Waals surface area contributed by atoms with Gasteiger partial charge in [-0.3, -0.25) is 0 Å². The molecule has 1 aliphatic rings. The first-order chi connectivity index (χ1) is 7.76. The summed E-state index contributed by atoms with van der Waals surface area (Å²) < 4.78 is 10.5. The second-order valence-corrected chi connectivity index (χ2v) is 5.08. The van der Waals surface area contributed by atoms with E-state index >= 15 is 0 Å². The Morgan fingerprint density at radius 2 is 2.12 bits per heavy atom.